The molecule has 1 saturated carbocycles. The quantitative estimate of drug-likeness (QED) is 0.733. The third-order valence-electron chi connectivity index (χ3n) is 3.14. The zero-order chi connectivity index (χ0) is 13.3. The van der Waals surface area contributed by atoms with Crippen molar-refractivity contribution in [3.8, 4) is 0 Å². The molecule has 0 aliphatic heterocycles. The van der Waals surface area contributed by atoms with Crippen molar-refractivity contribution in [1.82, 2.24) is 15.3 Å². The Bertz CT molecular complexity index is 470. The summed E-state index contributed by atoms with van der Waals surface area (Å²) in [5, 5.41) is 5.67. The van der Waals surface area contributed by atoms with Crippen molar-refractivity contribution in [3.05, 3.63) is 11.4 Å². The number of likely N-dealkylation sites (N-methyl/N-ethyl adjacent to an activating group) is 1. The molecule has 0 saturated heterocycles. The zero-order valence-electron chi connectivity index (χ0n) is 10.9. The van der Waals surface area contributed by atoms with Gasteiger partial charge in [-0.1, -0.05) is 0 Å². The van der Waals surface area contributed by atoms with E-state index >= 15 is 0 Å². The number of nitrogens with one attached hydrogen (secondary N) is 2. The van der Waals surface area contributed by atoms with E-state index < -0.39 is 0 Å². The number of nitrogen functional groups attached to an aromatic ring is 1. The molecule has 0 bridgehead atoms. The molecule has 0 radical (unpaired) electrons. The van der Waals surface area contributed by atoms with Gasteiger partial charge >= 0.3 is 0 Å². The Morgan fingerprint density at radius 1 is 1.44 bits per heavy atom. The van der Waals surface area contributed by atoms with Gasteiger partial charge < -0.3 is 16.4 Å². The molecule has 6 heteroatoms. The van der Waals surface area contributed by atoms with E-state index in [0.29, 0.717) is 17.6 Å². The number of aromatic nitrogens is 2. The minimum absolute atomic E-state index is 0.0837. The van der Waals surface area contributed by atoms with Gasteiger partial charge in [-0.05, 0) is 26.7 Å². The Morgan fingerprint density at radius 3 is 2.67 bits per heavy atom. The van der Waals surface area contributed by atoms with Gasteiger partial charge in [-0.25, -0.2) is 9.97 Å². The SMILES string of the molecule is CNC(=O)C(C)Nc1nc(C2CC2)nc(N)c1C. The molecule has 6 nitrogen and oxygen atoms in total. The topological polar surface area (TPSA) is 92.9 Å². The first-order chi connectivity index (χ1) is 8.52. The van der Waals surface area contributed by atoms with E-state index in [1.54, 1.807) is 14.0 Å². The summed E-state index contributed by atoms with van der Waals surface area (Å²) in [7, 11) is 1.61. The fraction of sp³-hybridized carbons (Fsp3) is 0.583. The molecule has 1 aliphatic rings. The van der Waals surface area contributed by atoms with Gasteiger partial charge in [-0.2, -0.15) is 0 Å². The van der Waals surface area contributed by atoms with Crippen LogP contribution in [0.5, 0.6) is 0 Å². The van der Waals surface area contributed by atoms with E-state index in [2.05, 4.69) is 20.6 Å². The Balaban J connectivity index is 2.23. The first kappa shape index (κ1) is 12.6. The van der Waals surface area contributed by atoms with E-state index in [4.69, 9.17) is 5.73 Å². The summed E-state index contributed by atoms with van der Waals surface area (Å²) >= 11 is 0. The second kappa shape index (κ2) is 4.80. The normalized spacial score (nSPS) is 16.2. The van der Waals surface area contributed by atoms with Crippen molar-refractivity contribution < 1.29 is 4.79 Å². The van der Waals surface area contributed by atoms with Crippen molar-refractivity contribution in [2.24, 2.45) is 0 Å². The molecule has 98 valence electrons. The average Bonchev–Trinajstić information content (AvgIpc) is 3.17. The lowest BCUT2D eigenvalue weighted by atomic mass is 10.2. The van der Waals surface area contributed by atoms with Crippen LogP contribution in [-0.2, 0) is 4.79 Å². The predicted octanol–water partition coefficient (Wildman–Crippen LogP) is 0.791. The Labute approximate surface area is 106 Å². The summed E-state index contributed by atoms with van der Waals surface area (Å²) in [6.07, 6.45) is 2.24. The predicted molar refractivity (Wildman–Crippen MR) is 70.3 cm³/mol. The maximum atomic E-state index is 11.5. The highest BCUT2D eigenvalue weighted by Gasteiger charge is 2.28. The maximum absolute atomic E-state index is 11.5. The van der Waals surface area contributed by atoms with Gasteiger partial charge in [0.15, 0.2) is 0 Å². The van der Waals surface area contributed by atoms with Crippen molar-refractivity contribution in [2.45, 2.75) is 38.6 Å². The number of hydrogen-bond acceptors (Lipinski definition) is 5. The smallest absolute Gasteiger partial charge is 0.241 e. The summed E-state index contributed by atoms with van der Waals surface area (Å²) < 4.78 is 0. The molecule has 1 fully saturated rings. The molecular weight excluding hydrogens is 230 g/mol. The standard InChI is InChI=1S/C12H19N5O/c1-6-9(13)16-11(8-4-5-8)17-10(6)15-7(2)12(18)14-3/h7-8H,4-5H2,1-3H3,(H,14,18)(H3,13,15,16,17). The average molecular weight is 249 g/mol. The van der Waals surface area contributed by atoms with Gasteiger partial charge in [0.25, 0.3) is 0 Å². The van der Waals surface area contributed by atoms with E-state index in [0.717, 1.165) is 24.2 Å². The van der Waals surface area contributed by atoms with Crippen LogP contribution in [0.4, 0.5) is 11.6 Å². The van der Waals surface area contributed by atoms with Crippen molar-refractivity contribution in [2.75, 3.05) is 18.1 Å². The van der Waals surface area contributed by atoms with E-state index in [1.165, 1.54) is 0 Å². The zero-order valence-corrected chi connectivity index (χ0v) is 10.9. The molecule has 1 aromatic rings. The lowest BCUT2D eigenvalue weighted by Gasteiger charge is -2.16. The minimum Gasteiger partial charge on any atom is -0.383 e. The molecule has 0 aromatic carbocycles. The molecule has 1 atom stereocenters. The van der Waals surface area contributed by atoms with E-state index in [9.17, 15) is 4.79 Å². The number of anilines is 2. The van der Waals surface area contributed by atoms with E-state index in [-0.39, 0.29) is 11.9 Å². The second-order valence-electron chi connectivity index (χ2n) is 4.70. The molecule has 1 aromatic heterocycles. The largest absolute Gasteiger partial charge is 0.383 e. The van der Waals surface area contributed by atoms with Crippen molar-refractivity contribution in [1.29, 1.82) is 0 Å². The van der Waals surface area contributed by atoms with Crippen molar-refractivity contribution >= 4 is 17.5 Å². The van der Waals surface area contributed by atoms with Crippen LogP contribution in [0.15, 0.2) is 0 Å². The highest BCUT2D eigenvalue weighted by Crippen LogP contribution is 2.39. The van der Waals surface area contributed by atoms with Gasteiger partial charge in [0, 0.05) is 18.5 Å². The highest BCUT2D eigenvalue weighted by molar-refractivity contribution is 5.84. The van der Waals surface area contributed by atoms with Gasteiger partial charge in [0.2, 0.25) is 5.91 Å². The molecule has 0 spiro atoms. The molecule has 2 rings (SSSR count). The van der Waals surface area contributed by atoms with E-state index in [1.807, 2.05) is 6.92 Å². The lowest BCUT2D eigenvalue weighted by molar-refractivity contribution is -0.121. The molecule has 1 unspecified atom stereocenters. The molecular formula is C12H19N5O. The van der Waals surface area contributed by atoms with Gasteiger partial charge in [0.05, 0.1) is 0 Å². The number of carbonyl (C=O) groups excluding carboxylic acids is 1. The van der Waals surface area contributed by atoms with Crippen LogP contribution in [0, 0.1) is 6.92 Å². The van der Waals surface area contributed by atoms with Gasteiger partial charge in [-0.15, -0.1) is 0 Å². The maximum Gasteiger partial charge on any atom is 0.241 e. The number of amides is 1. The van der Waals surface area contributed by atoms with Crippen LogP contribution in [0.2, 0.25) is 0 Å². The first-order valence-electron chi connectivity index (χ1n) is 6.15. The summed E-state index contributed by atoms with van der Waals surface area (Å²) in [6.45, 7) is 3.64. The lowest BCUT2D eigenvalue weighted by Crippen LogP contribution is -2.35. The number of carbonyl (C=O) groups is 1. The Morgan fingerprint density at radius 2 is 2.11 bits per heavy atom. The van der Waals surface area contributed by atoms with Crippen LogP contribution in [0.25, 0.3) is 0 Å². The van der Waals surface area contributed by atoms with Gasteiger partial charge in [-0.3, -0.25) is 4.79 Å². The van der Waals surface area contributed by atoms with Crippen LogP contribution in [0.1, 0.15) is 37.1 Å². The monoisotopic (exact) mass is 249 g/mol. The Kier molecular flexibility index (Phi) is 3.36. The fourth-order valence-corrected chi connectivity index (χ4v) is 1.70. The van der Waals surface area contributed by atoms with Crippen LogP contribution < -0.4 is 16.4 Å². The van der Waals surface area contributed by atoms with Gasteiger partial charge in [0.1, 0.15) is 23.5 Å². The van der Waals surface area contributed by atoms with Crippen LogP contribution in [0.3, 0.4) is 0 Å². The molecule has 1 aliphatic carbocycles. The first-order valence-corrected chi connectivity index (χ1v) is 6.15. The fourth-order valence-electron chi connectivity index (χ4n) is 1.70. The minimum atomic E-state index is -0.352. The van der Waals surface area contributed by atoms with Crippen LogP contribution >= 0.6 is 0 Å². The number of hydrogen-bond donors (Lipinski definition) is 3. The number of nitrogens with zero attached hydrogens (tertiary/aromatic N) is 2. The number of nitrogens with two attached hydrogens (primary N) is 1. The van der Waals surface area contributed by atoms with Crippen LogP contribution in [-0.4, -0.2) is 29.0 Å². The third-order valence-corrected chi connectivity index (χ3v) is 3.14. The summed E-state index contributed by atoms with van der Waals surface area (Å²) in [5.74, 6) is 2.27. The summed E-state index contributed by atoms with van der Waals surface area (Å²) in [5.41, 5.74) is 6.67. The summed E-state index contributed by atoms with van der Waals surface area (Å²) in [4.78, 5) is 20.3. The number of rotatable bonds is 4. The Hall–Kier alpha value is -1.85. The third kappa shape index (κ3) is 2.52. The summed E-state index contributed by atoms with van der Waals surface area (Å²) in [6, 6.07) is -0.352. The second-order valence-corrected chi connectivity index (χ2v) is 4.70. The molecule has 18 heavy (non-hydrogen) atoms. The molecule has 4 N–H and O–H groups in total. The molecule has 1 heterocycles. The van der Waals surface area contributed by atoms with Crippen molar-refractivity contribution in [3.63, 3.8) is 0 Å². The molecule has 1 amide bonds. The highest BCUT2D eigenvalue weighted by atomic mass is 16.2.